The van der Waals surface area contributed by atoms with Gasteiger partial charge in [-0.25, -0.2) is 0 Å². The fourth-order valence-corrected chi connectivity index (χ4v) is 9.04. The molecular formula is C39H38Br4Cl2F6N2O4. The highest BCUT2D eigenvalue weighted by Crippen LogP contribution is 2.43. The van der Waals surface area contributed by atoms with E-state index in [2.05, 4.69) is 74.4 Å². The third-order valence-corrected chi connectivity index (χ3v) is 12.2. The SMILES string of the molecule is CNCCC(Cc1c(Br)cccc1Br)c1cccc(C(F)(F)F)c1Cl.CNCCC(Cc1c(Br)cccc1Br)c1cccc(C(F)(F)F)c1Cl.O=C(O)CC(=O)O. The maximum atomic E-state index is 13.2. The molecule has 0 spiro atoms. The highest BCUT2D eigenvalue weighted by atomic mass is 79.9. The van der Waals surface area contributed by atoms with Gasteiger partial charge in [0.15, 0.2) is 0 Å². The molecule has 18 heteroatoms. The third kappa shape index (κ3) is 16.4. The van der Waals surface area contributed by atoms with E-state index < -0.39 is 41.8 Å². The van der Waals surface area contributed by atoms with Crippen LogP contribution in [0.4, 0.5) is 26.3 Å². The number of rotatable bonds is 14. The summed E-state index contributed by atoms with van der Waals surface area (Å²) in [6.45, 7) is 1.36. The summed E-state index contributed by atoms with van der Waals surface area (Å²) in [5.74, 6) is -2.91. The maximum absolute atomic E-state index is 13.2. The van der Waals surface area contributed by atoms with Crippen molar-refractivity contribution in [1.82, 2.24) is 10.6 Å². The van der Waals surface area contributed by atoms with Crippen LogP contribution in [0.25, 0.3) is 0 Å². The number of hydrogen-bond acceptors (Lipinski definition) is 4. The van der Waals surface area contributed by atoms with Crippen LogP contribution in [-0.2, 0) is 34.8 Å². The molecule has 0 radical (unpaired) electrons. The Balaban J connectivity index is 0.000000337. The van der Waals surface area contributed by atoms with Gasteiger partial charge in [0.25, 0.3) is 0 Å². The molecule has 0 aliphatic rings. The van der Waals surface area contributed by atoms with E-state index in [1.165, 1.54) is 12.1 Å². The lowest BCUT2D eigenvalue weighted by atomic mass is 9.88. The summed E-state index contributed by atoms with van der Waals surface area (Å²) in [4.78, 5) is 18.9. The molecule has 0 amide bonds. The molecule has 6 nitrogen and oxygen atoms in total. The molecular weight excluding hydrogens is 1060 g/mol. The number of carboxylic acids is 2. The van der Waals surface area contributed by atoms with Crippen LogP contribution in [0.2, 0.25) is 10.0 Å². The zero-order valence-corrected chi connectivity index (χ0v) is 38.1. The van der Waals surface area contributed by atoms with E-state index in [1.807, 2.05) is 50.5 Å². The standard InChI is InChI=1S/2C18H17Br2ClF3N.C3H4O4/c2*1-25-9-8-11(10-13-15(19)6-3-7-16(13)20)12-4-2-5-14(17(12)21)18(22,23)24;4-2(5)1-3(6)7/h2*2-7,11,25H,8-10H2,1H3;1H2,(H,4,5)(H,6,7). The van der Waals surface area contributed by atoms with E-state index in [-0.39, 0.29) is 21.9 Å². The van der Waals surface area contributed by atoms with Crippen molar-refractivity contribution in [3.63, 3.8) is 0 Å². The molecule has 4 N–H and O–H groups in total. The number of carboxylic acid groups (broad SMARTS) is 2. The van der Waals surface area contributed by atoms with Crippen molar-refractivity contribution in [2.75, 3.05) is 27.2 Å². The molecule has 0 aliphatic heterocycles. The molecule has 0 saturated heterocycles. The van der Waals surface area contributed by atoms with E-state index in [9.17, 15) is 35.9 Å². The smallest absolute Gasteiger partial charge is 0.417 e. The minimum absolute atomic E-state index is 0.141. The Labute approximate surface area is 370 Å². The van der Waals surface area contributed by atoms with Gasteiger partial charge in [-0.1, -0.05) is 123 Å². The summed E-state index contributed by atoms with van der Waals surface area (Å²) in [6.07, 6.45) is -7.24. The largest absolute Gasteiger partial charge is 0.481 e. The van der Waals surface area contributed by atoms with Crippen molar-refractivity contribution < 1.29 is 46.1 Å². The zero-order valence-electron chi connectivity index (χ0n) is 30.3. The molecule has 0 saturated carbocycles. The quantitative estimate of drug-likeness (QED) is 0.0742. The van der Waals surface area contributed by atoms with Crippen molar-refractivity contribution in [2.24, 2.45) is 0 Å². The molecule has 4 rings (SSSR count). The Kier molecular flexibility index (Phi) is 21.6. The van der Waals surface area contributed by atoms with Gasteiger partial charge in [0.2, 0.25) is 0 Å². The van der Waals surface area contributed by atoms with E-state index in [0.717, 1.165) is 41.2 Å². The first-order chi connectivity index (χ1) is 26.6. The number of aliphatic carboxylic acids is 2. The third-order valence-electron chi connectivity index (χ3n) is 8.36. The monoisotopic (exact) mass is 1100 g/mol. The van der Waals surface area contributed by atoms with Crippen LogP contribution in [0.1, 0.15) is 64.5 Å². The van der Waals surface area contributed by atoms with E-state index in [4.69, 9.17) is 33.4 Å². The highest BCUT2D eigenvalue weighted by Gasteiger charge is 2.36. The fraction of sp³-hybridized carbons (Fsp3) is 0.333. The molecule has 312 valence electrons. The van der Waals surface area contributed by atoms with Crippen LogP contribution in [0.5, 0.6) is 0 Å². The maximum Gasteiger partial charge on any atom is 0.417 e. The van der Waals surface area contributed by atoms with Crippen molar-refractivity contribution >= 4 is 98.9 Å². The van der Waals surface area contributed by atoms with Crippen LogP contribution >= 0.6 is 86.9 Å². The lowest BCUT2D eigenvalue weighted by molar-refractivity contribution is -0.147. The van der Waals surface area contributed by atoms with Crippen LogP contribution in [-0.4, -0.2) is 49.3 Å². The average molecular weight is 1100 g/mol. The van der Waals surface area contributed by atoms with Crippen LogP contribution in [0.3, 0.4) is 0 Å². The Morgan fingerprint density at radius 1 is 0.596 bits per heavy atom. The average Bonchev–Trinajstić information content (AvgIpc) is 3.10. The first-order valence-corrected chi connectivity index (χ1v) is 20.9. The summed E-state index contributed by atoms with van der Waals surface area (Å²) < 4.78 is 82.8. The second kappa shape index (κ2) is 24.2. The fourth-order valence-electron chi connectivity index (χ4n) is 5.62. The second-order valence-electron chi connectivity index (χ2n) is 12.4. The number of nitrogens with one attached hydrogen (secondary N) is 2. The van der Waals surface area contributed by atoms with E-state index in [0.29, 0.717) is 49.9 Å². The molecule has 4 aromatic rings. The predicted molar refractivity (Wildman–Crippen MR) is 226 cm³/mol. The second-order valence-corrected chi connectivity index (χ2v) is 16.5. The Bertz CT molecular complexity index is 1780. The summed E-state index contributed by atoms with van der Waals surface area (Å²) in [5.41, 5.74) is 1.50. The summed E-state index contributed by atoms with van der Waals surface area (Å²) in [6, 6.07) is 19.7. The number of hydrogen-bond donors (Lipinski definition) is 4. The molecule has 2 atom stereocenters. The zero-order chi connectivity index (χ0) is 43.1. The molecule has 4 aromatic carbocycles. The number of alkyl halides is 6. The summed E-state index contributed by atoms with van der Waals surface area (Å²) in [7, 11) is 3.64. The van der Waals surface area contributed by atoms with Crippen molar-refractivity contribution in [2.45, 2.75) is 56.3 Å². The van der Waals surface area contributed by atoms with Gasteiger partial charge in [0.1, 0.15) is 6.42 Å². The number of halogens is 12. The minimum atomic E-state index is -4.46. The first kappa shape index (κ1) is 51.0. The molecule has 57 heavy (non-hydrogen) atoms. The Morgan fingerprint density at radius 2 is 0.895 bits per heavy atom. The molecule has 0 aliphatic carbocycles. The summed E-state index contributed by atoms with van der Waals surface area (Å²) in [5, 5.41) is 21.1. The lowest BCUT2D eigenvalue weighted by Crippen LogP contribution is -2.16. The van der Waals surface area contributed by atoms with Crippen LogP contribution < -0.4 is 10.6 Å². The van der Waals surface area contributed by atoms with Gasteiger partial charge in [-0.3, -0.25) is 9.59 Å². The first-order valence-electron chi connectivity index (χ1n) is 16.9. The predicted octanol–water partition coefficient (Wildman–Crippen LogP) is 13.2. The van der Waals surface area contributed by atoms with Gasteiger partial charge in [-0.15, -0.1) is 0 Å². The van der Waals surface area contributed by atoms with Gasteiger partial charge in [0, 0.05) is 17.9 Å². The van der Waals surface area contributed by atoms with Gasteiger partial charge in [-0.2, -0.15) is 26.3 Å². The van der Waals surface area contributed by atoms with Gasteiger partial charge >= 0.3 is 24.3 Å². The van der Waals surface area contributed by atoms with E-state index in [1.54, 1.807) is 12.1 Å². The van der Waals surface area contributed by atoms with Crippen LogP contribution in [0.15, 0.2) is 90.7 Å². The van der Waals surface area contributed by atoms with Crippen molar-refractivity contribution in [3.05, 3.63) is 134 Å². The molecule has 0 heterocycles. The van der Waals surface area contributed by atoms with E-state index >= 15 is 0 Å². The summed E-state index contributed by atoms with van der Waals surface area (Å²) >= 11 is 26.4. The van der Waals surface area contributed by atoms with Gasteiger partial charge < -0.3 is 20.8 Å². The highest BCUT2D eigenvalue weighted by molar-refractivity contribution is 9.11. The molecule has 0 fully saturated rings. The Morgan fingerprint density at radius 3 is 1.14 bits per heavy atom. The van der Waals surface area contributed by atoms with Gasteiger partial charge in [-0.05, 0) is 123 Å². The van der Waals surface area contributed by atoms with Gasteiger partial charge in [0.05, 0.1) is 21.2 Å². The van der Waals surface area contributed by atoms with Crippen molar-refractivity contribution in [1.29, 1.82) is 0 Å². The molecule has 0 aromatic heterocycles. The molecule has 2 unspecified atom stereocenters. The Hall–Kier alpha value is -2.18. The topological polar surface area (TPSA) is 98.7 Å². The number of carbonyl (C=O) groups is 2. The lowest BCUT2D eigenvalue weighted by Gasteiger charge is -2.22. The van der Waals surface area contributed by atoms with Crippen molar-refractivity contribution in [3.8, 4) is 0 Å². The van der Waals surface area contributed by atoms with Crippen LogP contribution in [0, 0.1) is 0 Å². The normalized spacial score (nSPS) is 12.5. The minimum Gasteiger partial charge on any atom is -0.481 e. The number of benzene rings is 4. The molecule has 0 bridgehead atoms.